The number of para-hydroxylation sites is 1. The van der Waals surface area contributed by atoms with E-state index in [9.17, 15) is 4.79 Å². The van der Waals surface area contributed by atoms with Crippen LogP contribution >= 0.6 is 0 Å². The molecular weight excluding hydrogens is 242 g/mol. The van der Waals surface area contributed by atoms with Gasteiger partial charge < -0.3 is 15.0 Å². The van der Waals surface area contributed by atoms with Crippen molar-refractivity contribution in [3.8, 4) is 17.1 Å². The molecule has 1 heterocycles. The molecule has 5 nitrogen and oxygen atoms in total. The van der Waals surface area contributed by atoms with E-state index >= 15 is 0 Å². The second-order valence-electron chi connectivity index (χ2n) is 4.04. The van der Waals surface area contributed by atoms with Gasteiger partial charge in [-0.2, -0.15) is 0 Å². The van der Waals surface area contributed by atoms with E-state index in [0.717, 1.165) is 11.3 Å². The number of aromatic amines is 1. The number of benzene rings is 1. The van der Waals surface area contributed by atoms with Gasteiger partial charge >= 0.3 is 0 Å². The fourth-order valence-electron chi connectivity index (χ4n) is 1.85. The summed E-state index contributed by atoms with van der Waals surface area (Å²) in [6.07, 6.45) is 0. The summed E-state index contributed by atoms with van der Waals surface area (Å²) in [6, 6.07) is 9.02. The molecule has 5 heteroatoms. The summed E-state index contributed by atoms with van der Waals surface area (Å²) in [7, 11) is 1.82. The Morgan fingerprint density at radius 1 is 1.37 bits per heavy atom. The molecule has 2 rings (SSSR count). The molecule has 0 spiro atoms. The summed E-state index contributed by atoms with van der Waals surface area (Å²) in [5, 5.41) is 2.98. The maximum Gasteiger partial charge on any atom is 0.251 e. The molecule has 0 radical (unpaired) electrons. The van der Waals surface area contributed by atoms with Crippen LogP contribution in [0, 0.1) is 0 Å². The number of nitrogens with zero attached hydrogens (tertiary/aromatic N) is 1. The second-order valence-corrected chi connectivity index (χ2v) is 4.04. The predicted molar refractivity (Wildman–Crippen MR) is 74.2 cm³/mol. The van der Waals surface area contributed by atoms with Gasteiger partial charge in [0.05, 0.1) is 17.9 Å². The minimum Gasteiger partial charge on any atom is -0.493 e. The van der Waals surface area contributed by atoms with Gasteiger partial charge in [0.1, 0.15) is 11.6 Å². The van der Waals surface area contributed by atoms with Crippen LogP contribution in [0.5, 0.6) is 5.75 Å². The number of hydrogen-bond donors (Lipinski definition) is 2. The van der Waals surface area contributed by atoms with E-state index in [1.165, 1.54) is 6.07 Å². The van der Waals surface area contributed by atoms with Crippen LogP contribution in [-0.4, -0.2) is 23.6 Å². The molecule has 0 saturated heterocycles. The van der Waals surface area contributed by atoms with Gasteiger partial charge in [0, 0.05) is 12.6 Å². The van der Waals surface area contributed by atoms with Gasteiger partial charge in [-0.1, -0.05) is 12.1 Å². The van der Waals surface area contributed by atoms with Crippen molar-refractivity contribution >= 4 is 0 Å². The SMILES string of the molecule is CCOc1ccccc1-c1nc(CNC)cc(=O)[nH]1. The Kier molecular flexibility index (Phi) is 4.30. The van der Waals surface area contributed by atoms with Crippen molar-refractivity contribution < 1.29 is 4.74 Å². The number of H-pyrrole nitrogens is 1. The van der Waals surface area contributed by atoms with Crippen molar-refractivity contribution in [2.75, 3.05) is 13.7 Å². The second kappa shape index (κ2) is 6.15. The number of rotatable bonds is 5. The molecule has 0 unspecified atom stereocenters. The zero-order valence-electron chi connectivity index (χ0n) is 11.1. The molecule has 2 aromatic rings. The average molecular weight is 259 g/mol. The number of ether oxygens (including phenoxy) is 1. The highest BCUT2D eigenvalue weighted by Gasteiger charge is 2.09. The van der Waals surface area contributed by atoms with Crippen LogP contribution in [0.1, 0.15) is 12.6 Å². The Morgan fingerprint density at radius 3 is 2.89 bits per heavy atom. The van der Waals surface area contributed by atoms with Crippen LogP contribution in [0.4, 0.5) is 0 Å². The Morgan fingerprint density at radius 2 is 2.16 bits per heavy atom. The maximum atomic E-state index is 11.7. The van der Waals surface area contributed by atoms with Crippen LogP contribution in [-0.2, 0) is 6.54 Å². The van der Waals surface area contributed by atoms with Crippen LogP contribution < -0.4 is 15.6 Å². The van der Waals surface area contributed by atoms with Gasteiger partial charge in [0.25, 0.3) is 5.56 Å². The lowest BCUT2D eigenvalue weighted by Gasteiger charge is -2.10. The molecule has 100 valence electrons. The molecular formula is C14H17N3O2. The van der Waals surface area contributed by atoms with Gasteiger partial charge in [0.15, 0.2) is 0 Å². The van der Waals surface area contributed by atoms with Crippen LogP contribution in [0.2, 0.25) is 0 Å². The van der Waals surface area contributed by atoms with Crippen LogP contribution in [0.25, 0.3) is 11.4 Å². The molecule has 0 saturated carbocycles. The molecule has 19 heavy (non-hydrogen) atoms. The van der Waals surface area contributed by atoms with E-state index in [4.69, 9.17) is 4.74 Å². The molecule has 0 fully saturated rings. The third-order valence-electron chi connectivity index (χ3n) is 2.59. The van der Waals surface area contributed by atoms with Crippen molar-refractivity contribution in [2.24, 2.45) is 0 Å². The number of aromatic nitrogens is 2. The first-order valence-corrected chi connectivity index (χ1v) is 6.21. The smallest absolute Gasteiger partial charge is 0.251 e. The summed E-state index contributed by atoms with van der Waals surface area (Å²) in [5.41, 5.74) is 1.33. The van der Waals surface area contributed by atoms with Crippen molar-refractivity contribution in [1.82, 2.24) is 15.3 Å². The number of nitrogens with one attached hydrogen (secondary N) is 2. The van der Waals surface area contributed by atoms with Crippen molar-refractivity contribution in [2.45, 2.75) is 13.5 Å². The average Bonchev–Trinajstić information content (AvgIpc) is 2.39. The standard InChI is InChI=1S/C14H17N3O2/c1-3-19-12-7-5-4-6-11(12)14-16-10(9-15-2)8-13(18)17-14/h4-8,15H,3,9H2,1-2H3,(H,16,17,18). The van der Waals surface area contributed by atoms with E-state index < -0.39 is 0 Å². The van der Waals surface area contributed by atoms with Gasteiger partial charge in [-0.15, -0.1) is 0 Å². The van der Waals surface area contributed by atoms with Crippen molar-refractivity contribution in [3.63, 3.8) is 0 Å². The Hall–Kier alpha value is -2.14. The summed E-state index contributed by atoms with van der Waals surface area (Å²) in [5.74, 6) is 1.25. The zero-order valence-corrected chi connectivity index (χ0v) is 11.1. The van der Waals surface area contributed by atoms with Gasteiger partial charge in [-0.3, -0.25) is 4.79 Å². The highest BCUT2D eigenvalue weighted by molar-refractivity contribution is 5.63. The lowest BCUT2D eigenvalue weighted by Crippen LogP contribution is -2.15. The lowest BCUT2D eigenvalue weighted by atomic mass is 10.2. The normalized spacial score (nSPS) is 10.4. The van der Waals surface area contributed by atoms with E-state index in [1.54, 1.807) is 0 Å². The Bertz CT molecular complexity index is 608. The molecule has 2 N–H and O–H groups in total. The molecule has 1 aromatic carbocycles. The molecule has 0 aliphatic carbocycles. The van der Waals surface area contributed by atoms with E-state index in [0.29, 0.717) is 24.7 Å². The van der Waals surface area contributed by atoms with E-state index in [1.807, 2.05) is 38.2 Å². The van der Waals surface area contributed by atoms with E-state index in [2.05, 4.69) is 15.3 Å². The van der Waals surface area contributed by atoms with Gasteiger partial charge in [0.2, 0.25) is 0 Å². The van der Waals surface area contributed by atoms with Crippen molar-refractivity contribution in [3.05, 3.63) is 46.4 Å². The van der Waals surface area contributed by atoms with E-state index in [-0.39, 0.29) is 5.56 Å². The largest absolute Gasteiger partial charge is 0.493 e. The molecule has 0 bridgehead atoms. The third kappa shape index (κ3) is 3.20. The lowest BCUT2D eigenvalue weighted by molar-refractivity contribution is 0.341. The highest BCUT2D eigenvalue weighted by atomic mass is 16.5. The third-order valence-corrected chi connectivity index (χ3v) is 2.59. The summed E-state index contributed by atoms with van der Waals surface area (Å²) >= 11 is 0. The molecule has 0 aliphatic heterocycles. The highest BCUT2D eigenvalue weighted by Crippen LogP contribution is 2.26. The quantitative estimate of drug-likeness (QED) is 0.855. The topological polar surface area (TPSA) is 67.0 Å². The summed E-state index contributed by atoms with van der Waals surface area (Å²) < 4.78 is 5.55. The minimum absolute atomic E-state index is 0.165. The van der Waals surface area contributed by atoms with Crippen molar-refractivity contribution in [1.29, 1.82) is 0 Å². The fourth-order valence-corrected chi connectivity index (χ4v) is 1.85. The fraction of sp³-hybridized carbons (Fsp3) is 0.286. The molecule has 0 aliphatic rings. The van der Waals surface area contributed by atoms with Gasteiger partial charge in [-0.25, -0.2) is 4.98 Å². The predicted octanol–water partition coefficient (Wildman–Crippen LogP) is 1.55. The van der Waals surface area contributed by atoms with Crippen LogP contribution in [0.3, 0.4) is 0 Å². The first kappa shape index (κ1) is 13.3. The zero-order chi connectivity index (χ0) is 13.7. The monoisotopic (exact) mass is 259 g/mol. The minimum atomic E-state index is -0.165. The first-order chi connectivity index (χ1) is 9.24. The maximum absolute atomic E-state index is 11.7. The van der Waals surface area contributed by atoms with Gasteiger partial charge in [-0.05, 0) is 26.1 Å². The summed E-state index contributed by atoms with van der Waals surface area (Å²) in [4.78, 5) is 18.8. The Balaban J connectivity index is 2.49. The first-order valence-electron chi connectivity index (χ1n) is 6.21. The number of hydrogen-bond acceptors (Lipinski definition) is 4. The molecule has 0 atom stereocenters. The Labute approximate surface area is 111 Å². The van der Waals surface area contributed by atoms with Crippen LogP contribution in [0.15, 0.2) is 35.1 Å². The molecule has 1 aromatic heterocycles. The summed E-state index contributed by atoms with van der Waals surface area (Å²) in [6.45, 7) is 3.04. The molecule has 0 amide bonds.